The molecule has 10 heteroatoms. The molecule has 25 heavy (non-hydrogen) atoms. The molecule has 1 unspecified atom stereocenters. The van der Waals surface area contributed by atoms with Gasteiger partial charge in [0.05, 0.1) is 25.6 Å². The molecule has 5 atom stereocenters. The Morgan fingerprint density at radius 2 is 2.24 bits per heavy atom. The minimum Gasteiger partial charge on any atom is -0.394 e. The summed E-state index contributed by atoms with van der Waals surface area (Å²) in [7, 11) is 0. The van der Waals surface area contributed by atoms with Crippen LogP contribution in [0.1, 0.15) is 19.6 Å². The van der Waals surface area contributed by atoms with Crippen LogP contribution in [0.5, 0.6) is 0 Å². The van der Waals surface area contributed by atoms with Crippen molar-refractivity contribution < 1.29 is 24.8 Å². The van der Waals surface area contributed by atoms with E-state index in [9.17, 15) is 15.3 Å². The zero-order valence-electron chi connectivity index (χ0n) is 13.7. The molecule has 4 rings (SSSR count). The van der Waals surface area contributed by atoms with E-state index in [1.165, 1.54) is 19.6 Å². The zero-order valence-corrected chi connectivity index (χ0v) is 13.7. The zero-order chi connectivity index (χ0) is 17.6. The quantitative estimate of drug-likeness (QED) is 0.548. The summed E-state index contributed by atoms with van der Waals surface area (Å²) in [4.78, 5) is 12.8. The number of imidazole rings is 1. The fraction of sp³-hybridized carbons (Fsp3) is 0.667. The van der Waals surface area contributed by atoms with Crippen LogP contribution in [-0.4, -0.2) is 78.5 Å². The van der Waals surface area contributed by atoms with Crippen molar-refractivity contribution in [3.05, 3.63) is 12.7 Å². The Morgan fingerprint density at radius 3 is 2.92 bits per heavy atom. The smallest absolute Gasteiger partial charge is 0.168 e. The minimum absolute atomic E-state index is 0.162. The molecule has 4 N–H and O–H groups in total. The van der Waals surface area contributed by atoms with Crippen molar-refractivity contribution in [2.24, 2.45) is 0 Å². The van der Waals surface area contributed by atoms with Crippen molar-refractivity contribution >= 4 is 17.0 Å². The van der Waals surface area contributed by atoms with Crippen LogP contribution >= 0.6 is 0 Å². The summed E-state index contributed by atoms with van der Waals surface area (Å²) in [6.45, 7) is 2.38. The molecule has 2 fully saturated rings. The molecule has 0 amide bonds. The van der Waals surface area contributed by atoms with E-state index in [2.05, 4.69) is 20.3 Å². The maximum Gasteiger partial charge on any atom is 0.168 e. The SMILES string of the molecule is C[C@@]1(O)[C@@H](O)[C@@H](CO)O[C@H]1n1cnc2c(NC3CCOC3)ncnc21. The van der Waals surface area contributed by atoms with E-state index < -0.39 is 30.6 Å². The lowest BCUT2D eigenvalue weighted by Crippen LogP contribution is -2.44. The monoisotopic (exact) mass is 351 g/mol. The third kappa shape index (κ3) is 2.66. The summed E-state index contributed by atoms with van der Waals surface area (Å²) in [5.74, 6) is 0.580. The highest BCUT2D eigenvalue weighted by Gasteiger charge is 2.53. The normalized spacial score (nSPS) is 35.5. The number of nitrogens with one attached hydrogen (secondary N) is 1. The summed E-state index contributed by atoms with van der Waals surface area (Å²) in [5, 5.41) is 33.4. The van der Waals surface area contributed by atoms with Gasteiger partial charge < -0.3 is 30.1 Å². The largest absolute Gasteiger partial charge is 0.394 e. The summed E-state index contributed by atoms with van der Waals surface area (Å²) in [5.41, 5.74) is -0.595. The van der Waals surface area contributed by atoms with Crippen molar-refractivity contribution in [1.29, 1.82) is 0 Å². The maximum atomic E-state index is 10.6. The number of anilines is 1. The predicted octanol–water partition coefficient (Wildman–Crippen LogP) is -0.971. The van der Waals surface area contributed by atoms with Crippen LogP contribution in [0.2, 0.25) is 0 Å². The second-order valence-electron chi connectivity index (χ2n) is 6.63. The average Bonchev–Trinajstić information content (AvgIpc) is 3.29. The van der Waals surface area contributed by atoms with Gasteiger partial charge in [-0.05, 0) is 13.3 Å². The minimum atomic E-state index is -1.60. The van der Waals surface area contributed by atoms with Gasteiger partial charge in [0.2, 0.25) is 0 Å². The number of fused-ring (bicyclic) bond motifs is 1. The first-order valence-electron chi connectivity index (χ1n) is 8.21. The molecule has 4 heterocycles. The van der Waals surface area contributed by atoms with Gasteiger partial charge in [-0.15, -0.1) is 0 Å². The fourth-order valence-electron chi connectivity index (χ4n) is 3.36. The van der Waals surface area contributed by atoms with Gasteiger partial charge in [0.15, 0.2) is 23.2 Å². The van der Waals surface area contributed by atoms with Crippen molar-refractivity contribution in [3.63, 3.8) is 0 Å². The Bertz CT molecular complexity index is 760. The molecule has 10 nitrogen and oxygen atoms in total. The molecule has 2 aliphatic rings. The number of rotatable bonds is 4. The van der Waals surface area contributed by atoms with Crippen LogP contribution < -0.4 is 5.32 Å². The number of ether oxygens (including phenoxy) is 2. The predicted molar refractivity (Wildman–Crippen MR) is 85.8 cm³/mol. The van der Waals surface area contributed by atoms with Gasteiger partial charge >= 0.3 is 0 Å². The van der Waals surface area contributed by atoms with Gasteiger partial charge in [-0.2, -0.15) is 0 Å². The van der Waals surface area contributed by atoms with Crippen LogP contribution in [-0.2, 0) is 9.47 Å². The first-order chi connectivity index (χ1) is 12.0. The van der Waals surface area contributed by atoms with E-state index in [4.69, 9.17) is 9.47 Å². The maximum absolute atomic E-state index is 10.6. The second kappa shape index (κ2) is 6.15. The van der Waals surface area contributed by atoms with E-state index in [1.54, 1.807) is 4.57 Å². The van der Waals surface area contributed by atoms with Gasteiger partial charge in [-0.1, -0.05) is 0 Å². The summed E-state index contributed by atoms with van der Waals surface area (Å²) < 4.78 is 12.5. The molecular weight excluding hydrogens is 330 g/mol. The van der Waals surface area contributed by atoms with Crippen LogP contribution in [0.15, 0.2) is 12.7 Å². The molecule has 0 saturated carbocycles. The lowest BCUT2D eigenvalue weighted by Gasteiger charge is -2.27. The fourth-order valence-corrected chi connectivity index (χ4v) is 3.36. The van der Waals surface area contributed by atoms with E-state index >= 15 is 0 Å². The Morgan fingerprint density at radius 1 is 1.40 bits per heavy atom. The van der Waals surface area contributed by atoms with Gasteiger partial charge in [0.25, 0.3) is 0 Å². The highest BCUT2D eigenvalue weighted by Crippen LogP contribution is 2.39. The number of nitrogens with zero attached hydrogens (tertiary/aromatic N) is 4. The molecule has 0 aliphatic carbocycles. The Labute approximate surface area is 143 Å². The third-order valence-corrected chi connectivity index (χ3v) is 4.82. The Kier molecular flexibility index (Phi) is 4.08. The summed E-state index contributed by atoms with van der Waals surface area (Å²) in [6, 6.07) is 0.162. The Hall–Kier alpha value is -1.85. The van der Waals surface area contributed by atoms with Crippen LogP contribution in [0.25, 0.3) is 11.2 Å². The second-order valence-corrected chi connectivity index (χ2v) is 6.63. The number of hydrogen-bond acceptors (Lipinski definition) is 9. The van der Waals surface area contributed by atoms with Crippen molar-refractivity contribution in [1.82, 2.24) is 19.5 Å². The highest BCUT2D eigenvalue weighted by atomic mass is 16.6. The van der Waals surface area contributed by atoms with E-state index in [1.807, 2.05) is 0 Å². The van der Waals surface area contributed by atoms with Crippen LogP contribution in [0.3, 0.4) is 0 Å². The molecule has 2 aliphatic heterocycles. The van der Waals surface area contributed by atoms with Gasteiger partial charge in [0, 0.05) is 6.61 Å². The topological polar surface area (TPSA) is 135 Å². The first kappa shape index (κ1) is 16.6. The lowest BCUT2D eigenvalue weighted by molar-refractivity contribution is -0.0950. The standard InChI is InChI=1S/C15H21N5O5/c1-15(23)11(22)9(4-21)25-14(15)20-7-18-10-12(16-6-17-13(10)20)19-8-2-3-24-5-8/h6-9,11,14,21-23H,2-5H2,1H3,(H,16,17,19)/t8?,9-,11+,14-,15-/m1/s1. The average molecular weight is 351 g/mol. The number of hydrogen-bond donors (Lipinski definition) is 4. The molecule has 2 aromatic rings. The molecular formula is C15H21N5O5. The molecule has 2 saturated heterocycles. The summed E-state index contributed by atoms with van der Waals surface area (Å²) in [6.07, 6.45) is 0.741. The van der Waals surface area contributed by atoms with Crippen LogP contribution in [0.4, 0.5) is 5.82 Å². The lowest BCUT2D eigenvalue weighted by atomic mass is 9.96. The third-order valence-electron chi connectivity index (χ3n) is 4.82. The molecule has 0 aromatic carbocycles. The Balaban J connectivity index is 1.69. The molecule has 136 valence electrons. The molecule has 0 radical (unpaired) electrons. The molecule has 0 spiro atoms. The van der Waals surface area contributed by atoms with E-state index in [0.29, 0.717) is 30.2 Å². The van der Waals surface area contributed by atoms with Crippen molar-refractivity contribution in [2.45, 2.75) is 43.4 Å². The number of aliphatic hydroxyl groups excluding tert-OH is 2. The van der Waals surface area contributed by atoms with Crippen LogP contribution in [0, 0.1) is 0 Å². The molecule has 2 aromatic heterocycles. The van der Waals surface area contributed by atoms with Gasteiger partial charge in [0.1, 0.15) is 24.1 Å². The van der Waals surface area contributed by atoms with E-state index in [-0.39, 0.29) is 6.04 Å². The molecule has 0 bridgehead atoms. The van der Waals surface area contributed by atoms with Gasteiger partial charge in [-0.3, -0.25) is 4.57 Å². The number of aromatic nitrogens is 4. The van der Waals surface area contributed by atoms with Crippen molar-refractivity contribution in [3.8, 4) is 0 Å². The summed E-state index contributed by atoms with van der Waals surface area (Å²) >= 11 is 0. The highest BCUT2D eigenvalue weighted by molar-refractivity contribution is 5.82. The first-order valence-corrected chi connectivity index (χ1v) is 8.21. The van der Waals surface area contributed by atoms with Gasteiger partial charge in [-0.25, -0.2) is 15.0 Å². The van der Waals surface area contributed by atoms with Crippen molar-refractivity contribution in [2.75, 3.05) is 25.1 Å². The number of aliphatic hydroxyl groups is 3. The van der Waals surface area contributed by atoms with E-state index in [0.717, 1.165) is 6.42 Å².